The van der Waals surface area contributed by atoms with Crippen LogP contribution in [0.25, 0.3) is 10.9 Å². The lowest BCUT2D eigenvalue weighted by Crippen LogP contribution is -2.53. The van der Waals surface area contributed by atoms with Crippen LogP contribution in [0.4, 0.5) is 0 Å². The van der Waals surface area contributed by atoms with E-state index in [1.807, 2.05) is 12.1 Å². The Morgan fingerprint density at radius 3 is 2.71 bits per heavy atom. The molecule has 2 atom stereocenters. The zero-order valence-electron chi connectivity index (χ0n) is 18.8. The van der Waals surface area contributed by atoms with Crippen molar-refractivity contribution in [3.63, 3.8) is 0 Å². The lowest BCUT2D eigenvalue weighted by molar-refractivity contribution is 0.0860. The molecular formula is C24H28ClN5O3S. The van der Waals surface area contributed by atoms with Crippen LogP contribution in [0.3, 0.4) is 0 Å². The fraction of sp³-hybridized carbons (Fsp3) is 0.458. The topological polar surface area (TPSA) is 110 Å². The van der Waals surface area contributed by atoms with E-state index in [1.54, 1.807) is 12.1 Å². The van der Waals surface area contributed by atoms with Gasteiger partial charge in [0.1, 0.15) is 5.69 Å². The molecule has 1 fully saturated rings. The number of carbonyl (C=O) groups is 2. The first kappa shape index (κ1) is 23.3. The Morgan fingerprint density at radius 1 is 1.18 bits per heavy atom. The summed E-state index contributed by atoms with van der Waals surface area (Å²) < 4.78 is 0. The largest absolute Gasteiger partial charge is 0.395 e. The Morgan fingerprint density at radius 2 is 1.94 bits per heavy atom. The predicted octanol–water partition coefficient (Wildman–Crippen LogP) is 3.10. The number of nitrogens with one attached hydrogen (secondary N) is 3. The van der Waals surface area contributed by atoms with Gasteiger partial charge in [-0.2, -0.15) is 0 Å². The molecule has 0 bridgehead atoms. The zero-order valence-corrected chi connectivity index (χ0v) is 20.3. The summed E-state index contributed by atoms with van der Waals surface area (Å²) in [7, 11) is 0. The number of aliphatic hydroxyl groups excluding tert-OH is 1. The molecule has 5 rings (SSSR count). The second-order valence-corrected chi connectivity index (χ2v) is 10.5. The molecule has 2 aliphatic rings. The predicted molar refractivity (Wildman–Crippen MR) is 132 cm³/mol. The highest BCUT2D eigenvalue weighted by Gasteiger charge is 2.30. The number of rotatable bonds is 6. The van der Waals surface area contributed by atoms with Crippen molar-refractivity contribution in [2.75, 3.05) is 19.7 Å². The second-order valence-electron chi connectivity index (χ2n) is 9.00. The molecule has 0 radical (unpaired) electrons. The molecular weight excluding hydrogens is 474 g/mol. The van der Waals surface area contributed by atoms with Gasteiger partial charge in [-0.3, -0.25) is 14.5 Å². The zero-order chi connectivity index (χ0) is 23.7. The molecule has 1 aromatic carbocycles. The maximum atomic E-state index is 13.0. The van der Waals surface area contributed by atoms with E-state index < -0.39 is 0 Å². The lowest BCUT2D eigenvalue weighted by Gasteiger charge is -2.32. The maximum absolute atomic E-state index is 13.0. The molecule has 0 unspecified atom stereocenters. The van der Waals surface area contributed by atoms with Gasteiger partial charge in [0.15, 0.2) is 5.01 Å². The average Bonchev–Trinajstić information content (AvgIpc) is 3.44. The van der Waals surface area contributed by atoms with Gasteiger partial charge < -0.3 is 20.7 Å². The number of aliphatic hydroxyl groups is 1. The molecule has 4 N–H and O–H groups in total. The van der Waals surface area contributed by atoms with Gasteiger partial charge in [-0.15, -0.1) is 11.3 Å². The van der Waals surface area contributed by atoms with Gasteiger partial charge in [-0.25, -0.2) is 4.98 Å². The first-order valence-electron chi connectivity index (χ1n) is 11.7. The minimum atomic E-state index is -0.188. The van der Waals surface area contributed by atoms with Crippen LogP contribution in [0.15, 0.2) is 24.3 Å². The second kappa shape index (κ2) is 10.0. The fourth-order valence-electron chi connectivity index (χ4n) is 4.86. The molecule has 10 heteroatoms. The Kier molecular flexibility index (Phi) is 6.87. The van der Waals surface area contributed by atoms with Crippen LogP contribution in [-0.2, 0) is 13.0 Å². The molecule has 34 heavy (non-hydrogen) atoms. The monoisotopic (exact) mass is 501 g/mol. The number of β-amino-alcohol motifs (C(OH)–C–C–N with tert-alkyl or cyclic N) is 1. The van der Waals surface area contributed by atoms with Crippen molar-refractivity contribution in [3.8, 4) is 0 Å². The third-order valence-electron chi connectivity index (χ3n) is 6.65. The average molecular weight is 502 g/mol. The van der Waals surface area contributed by atoms with Crippen molar-refractivity contribution in [3.05, 3.63) is 50.6 Å². The van der Waals surface area contributed by atoms with Crippen LogP contribution < -0.4 is 10.6 Å². The molecule has 1 saturated carbocycles. The Hall–Kier alpha value is -2.46. The van der Waals surface area contributed by atoms with Crippen LogP contribution in [0.2, 0.25) is 5.02 Å². The number of fused-ring (bicyclic) bond motifs is 2. The number of aromatic nitrogens is 2. The van der Waals surface area contributed by atoms with Gasteiger partial charge in [0.25, 0.3) is 11.8 Å². The first-order valence-corrected chi connectivity index (χ1v) is 12.9. The summed E-state index contributed by atoms with van der Waals surface area (Å²) in [5.74, 6) is -0.369. The van der Waals surface area contributed by atoms with E-state index in [2.05, 4.69) is 25.5 Å². The number of aromatic amines is 1. The molecule has 2 amide bonds. The summed E-state index contributed by atoms with van der Waals surface area (Å²) in [6, 6.07) is 6.98. The molecule has 2 aromatic heterocycles. The van der Waals surface area contributed by atoms with Crippen molar-refractivity contribution >= 4 is 45.7 Å². The van der Waals surface area contributed by atoms with E-state index in [4.69, 9.17) is 11.6 Å². The lowest BCUT2D eigenvalue weighted by atomic mass is 9.90. The molecule has 8 nitrogen and oxygen atoms in total. The molecule has 3 aromatic rings. The normalized spacial score (nSPS) is 20.8. The molecule has 180 valence electrons. The Balaban J connectivity index is 1.25. The van der Waals surface area contributed by atoms with E-state index in [0.717, 1.165) is 66.7 Å². The number of hydrogen-bond acceptors (Lipinski definition) is 6. The molecule has 0 saturated heterocycles. The van der Waals surface area contributed by atoms with Crippen molar-refractivity contribution in [2.24, 2.45) is 0 Å². The summed E-state index contributed by atoms with van der Waals surface area (Å²) in [6.45, 7) is 2.32. The summed E-state index contributed by atoms with van der Waals surface area (Å²) >= 11 is 7.49. The standard InChI is InChI=1S/C24H28ClN5O3S/c25-15-5-6-16-14(11-15)12-20(26-16)22(32)27-17-3-1-2-4-18(17)28-23(33)24-29-19-7-8-30(9-10-31)13-21(19)34-24/h5-6,11-12,17-18,26,31H,1-4,7-10,13H2,(H,27,32)(H,28,33)/t17-,18+/m0/s1. The number of H-pyrrole nitrogens is 1. The van der Waals surface area contributed by atoms with Gasteiger partial charge in [0.2, 0.25) is 0 Å². The van der Waals surface area contributed by atoms with Crippen LogP contribution in [0, 0.1) is 0 Å². The number of carbonyl (C=O) groups excluding carboxylic acids is 2. The third-order valence-corrected chi connectivity index (χ3v) is 7.96. The Bertz CT molecular complexity index is 1210. The highest BCUT2D eigenvalue weighted by molar-refractivity contribution is 7.13. The van der Waals surface area contributed by atoms with Crippen molar-refractivity contribution < 1.29 is 14.7 Å². The van der Waals surface area contributed by atoms with Crippen molar-refractivity contribution in [2.45, 2.75) is 50.7 Å². The van der Waals surface area contributed by atoms with Gasteiger partial charge >= 0.3 is 0 Å². The van der Waals surface area contributed by atoms with E-state index in [9.17, 15) is 14.7 Å². The van der Waals surface area contributed by atoms with Crippen molar-refractivity contribution in [1.29, 1.82) is 0 Å². The van der Waals surface area contributed by atoms with Gasteiger partial charge in [0, 0.05) is 58.9 Å². The SMILES string of the molecule is O=C(N[C@H]1CCCC[C@H]1NC(=O)c1nc2c(s1)CN(CCO)CC2)c1cc2cc(Cl)ccc2[nH]1. The van der Waals surface area contributed by atoms with E-state index in [1.165, 1.54) is 11.3 Å². The molecule has 0 spiro atoms. The first-order chi connectivity index (χ1) is 16.5. The van der Waals surface area contributed by atoms with Gasteiger partial charge in [-0.05, 0) is 37.1 Å². The number of thiazole rings is 1. The molecule has 1 aliphatic carbocycles. The maximum Gasteiger partial charge on any atom is 0.280 e. The van der Waals surface area contributed by atoms with E-state index >= 15 is 0 Å². The number of amides is 2. The van der Waals surface area contributed by atoms with Crippen LogP contribution in [0.5, 0.6) is 0 Å². The summed E-state index contributed by atoms with van der Waals surface area (Å²) in [5.41, 5.74) is 2.32. The minimum absolute atomic E-state index is 0.128. The number of benzene rings is 1. The fourth-order valence-corrected chi connectivity index (χ4v) is 6.09. The molecule has 1 aliphatic heterocycles. The van der Waals surface area contributed by atoms with Gasteiger partial charge in [0.05, 0.1) is 12.3 Å². The van der Waals surface area contributed by atoms with Crippen LogP contribution in [0.1, 0.15) is 56.5 Å². The van der Waals surface area contributed by atoms with Crippen molar-refractivity contribution in [1.82, 2.24) is 25.5 Å². The van der Waals surface area contributed by atoms with Crippen LogP contribution >= 0.6 is 22.9 Å². The van der Waals surface area contributed by atoms with E-state index in [0.29, 0.717) is 22.3 Å². The highest BCUT2D eigenvalue weighted by atomic mass is 35.5. The highest BCUT2D eigenvalue weighted by Crippen LogP contribution is 2.26. The van der Waals surface area contributed by atoms with E-state index in [-0.39, 0.29) is 30.5 Å². The number of hydrogen-bond donors (Lipinski definition) is 4. The summed E-state index contributed by atoms with van der Waals surface area (Å²) in [5, 5.41) is 17.4. The Labute approximate surface area is 206 Å². The van der Waals surface area contributed by atoms with Gasteiger partial charge in [-0.1, -0.05) is 24.4 Å². The number of halogens is 1. The quantitative estimate of drug-likeness (QED) is 0.415. The third kappa shape index (κ3) is 4.98. The molecule has 3 heterocycles. The van der Waals surface area contributed by atoms with Crippen LogP contribution in [-0.4, -0.2) is 63.6 Å². The smallest absolute Gasteiger partial charge is 0.280 e. The minimum Gasteiger partial charge on any atom is -0.395 e. The number of nitrogens with zero attached hydrogens (tertiary/aromatic N) is 2. The summed E-state index contributed by atoms with van der Waals surface area (Å²) in [4.78, 5) is 37.0. The summed E-state index contributed by atoms with van der Waals surface area (Å²) in [6.07, 6.45) is 4.43.